The molecule has 2 amide bonds. The van der Waals surface area contributed by atoms with Crippen LogP contribution in [0.1, 0.15) is 42.2 Å². The van der Waals surface area contributed by atoms with Crippen LogP contribution in [0, 0.1) is 6.92 Å². The van der Waals surface area contributed by atoms with Crippen molar-refractivity contribution >= 4 is 28.7 Å². The number of aliphatic carboxylic acids is 1. The lowest BCUT2D eigenvalue weighted by molar-refractivity contribution is -0.145. The van der Waals surface area contributed by atoms with Crippen molar-refractivity contribution in [2.75, 3.05) is 19.6 Å². The largest absolute Gasteiger partial charge is 0.480 e. The molecule has 1 atom stereocenters. The van der Waals surface area contributed by atoms with E-state index in [2.05, 4.69) is 4.98 Å². The first-order valence-electron chi connectivity index (χ1n) is 9.51. The molecule has 1 fully saturated rings. The van der Waals surface area contributed by atoms with E-state index in [1.807, 2.05) is 37.3 Å². The minimum Gasteiger partial charge on any atom is -0.480 e. The molecule has 2 aromatic rings. The first-order chi connectivity index (χ1) is 13.4. The van der Waals surface area contributed by atoms with Gasteiger partial charge in [0, 0.05) is 37.1 Å². The van der Waals surface area contributed by atoms with E-state index in [4.69, 9.17) is 5.11 Å². The van der Waals surface area contributed by atoms with Crippen LogP contribution in [0.25, 0.3) is 10.9 Å². The first-order valence-corrected chi connectivity index (χ1v) is 9.51. The van der Waals surface area contributed by atoms with E-state index in [0.717, 1.165) is 23.0 Å². The Bertz CT molecular complexity index is 912. The van der Waals surface area contributed by atoms with Crippen LogP contribution < -0.4 is 0 Å². The van der Waals surface area contributed by atoms with Crippen molar-refractivity contribution in [2.24, 2.45) is 0 Å². The summed E-state index contributed by atoms with van der Waals surface area (Å²) in [5, 5.41) is 9.91. The minimum absolute atomic E-state index is 0.0463. The first kappa shape index (κ1) is 19.8. The van der Waals surface area contributed by atoms with Crippen LogP contribution in [-0.4, -0.2) is 63.4 Å². The topological polar surface area (TPSA) is 90.8 Å². The van der Waals surface area contributed by atoms with E-state index < -0.39 is 5.97 Å². The Hall–Kier alpha value is -2.96. The maximum atomic E-state index is 13.2. The smallest absolute Gasteiger partial charge is 0.323 e. The highest BCUT2D eigenvalue weighted by Gasteiger charge is 2.28. The maximum Gasteiger partial charge on any atom is 0.323 e. The predicted octanol–water partition coefficient (Wildman–Crippen LogP) is 2.47. The fourth-order valence-electron chi connectivity index (χ4n) is 3.89. The van der Waals surface area contributed by atoms with Crippen LogP contribution >= 0.6 is 0 Å². The molecule has 1 unspecified atom stereocenters. The third kappa shape index (κ3) is 4.30. The number of aryl methyl sites for hydroxylation is 1. The maximum absolute atomic E-state index is 13.2. The Labute approximate surface area is 164 Å². The summed E-state index contributed by atoms with van der Waals surface area (Å²) >= 11 is 0. The summed E-state index contributed by atoms with van der Waals surface area (Å²) < 4.78 is 0. The van der Waals surface area contributed by atoms with Crippen molar-refractivity contribution in [1.82, 2.24) is 14.8 Å². The highest BCUT2D eigenvalue weighted by molar-refractivity contribution is 6.06. The molecule has 148 valence electrons. The number of amides is 2. The van der Waals surface area contributed by atoms with Gasteiger partial charge in [-0.05, 0) is 38.3 Å². The van der Waals surface area contributed by atoms with Gasteiger partial charge in [0.25, 0.3) is 5.91 Å². The van der Waals surface area contributed by atoms with Gasteiger partial charge in [-0.3, -0.25) is 19.4 Å². The van der Waals surface area contributed by atoms with Crippen LogP contribution in [0.2, 0.25) is 0 Å². The zero-order valence-electron chi connectivity index (χ0n) is 16.2. The third-order valence-corrected chi connectivity index (χ3v) is 5.21. The highest BCUT2D eigenvalue weighted by Crippen LogP contribution is 2.23. The Kier molecular flexibility index (Phi) is 5.92. The summed E-state index contributed by atoms with van der Waals surface area (Å²) in [6.07, 6.45) is 1.98. The van der Waals surface area contributed by atoms with Crippen LogP contribution in [0.3, 0.4) is 0 Å². The number of para-hydroxylation sites is 1. The van der Waals surface area contributed by atoms with Gasteiger partial charge in [-0.25, -0.2) is 0 Å². The average molecular weight is 383 g/mol. The summed E-state index contributed by atoms with van der Waals surface area (Å²) in [7, 11) is 0. The van der Waals surface area contributed by atoms with Gasteiger partial charge in [0.2, 0.25) is 5.91 Å². The molecule has 28 heavy (non-hydrogen) atoms. The van der Waals surface area contributed by atoms with Crippen molar-refractivity contribution in [3.05, 3.63) is 41.6 Å². The van der Waals surface area contributed by atoms with Crippen molar-refractivity contribution in [2.45, 2.75) is 39.2 Å². The summed E-state index contributed by atoms with van der Waals surface area (Å²) in [5.41, 5.74) is 2.22. The van der Waals surface area contributed by atoms with Gasteiger partial charge in [0.15, 0.2) is 0 Å². The third-order valence-electron chi connectivity index (χ3n) is 5.21. The number of carbonyl (C=O) groups excluding carboxylic acids is 2. The molecule has 1 aromatic carbocycles. The molecule has 7 heteroatoms. The average Bonchev–Trinajstić information content (AvgIpc) is 2.90. The molecule has 0 radical (unpaired) electrons. The fourth-order valence-corrected chi connectivity index (χ4v) is 3.89. The van der Waals surface area contributed by atoms with E-state index in [0.29, 0.717) is 31.5 Å². The SMILES string of the molecule is CC(=O)N(CC(=O)O)C1CCCN(C(=O)c2cc(C)nc3ccccc23)CC1. The molecule has 1 N–H and O–H groups in total. The summed E-state index contributed by atoms with van der Waals surface area (Å²) in [4.78, 5) is 43.9. The van der Waals surface area contributed by atoms with Gasteiger partial charge >= 0.3 is 5.97 Å². The fraction of sp³-hybridized carbons (Fsp3) is 0.429. The Morgan fingerprint density at radius 1 is 1.21 bits per heavy atom. The van der Waals surface area contributed by atoms with Gasteiger partial charge in [-0.1, -0.05) is 18.2 Å². The van der Waals surface area contributed by atoms with Gasteiger partial charge in [-0.15, -0.1) is 0 Å². The normalized spacial score (nSPS) is 17.2. The Morgan fingerprint density at radius 2 is 1.96 bits per heavy atom. The molecule has 1 aromatic heterocycles. The van der Waals surface area contributed by atoms with Gasteiger partial charge in [-0.2, -0.15) is 0 Å². The van der Waals surface area contributed by atoms with E-state index in [1.54, 1.807) is 4.90 Å². The molecule has 7 nitrogen and oxygen atoms in total. The zero-order valence-corrected chi connectivity index (χ0v) is 16.2. The van der Waals surface area contributed by atoms with Crippen LogP contribution in [0.5, 0.6) is 0 Å². The molecule has 0 bridgehead atoms. The number of aromatic nitrogens is 1. The lowest BCUT2D eigenvalue weighted by Gasteiger charge is -2.29. The van der Waals surface area contributed by atoms with Gasteiger partial charge < -0.3 is 14.9 Å². The number of likely N-dealkylation sites (tertiary alicyclic amines) is 1. The number of carboxylic acids is 1. The van der Waals surface area contributed by atoms with Crippen LogP contribution in [0.15, 0.2) is 30.3 Å². The Balaban J connectivity index is 1.80. The summed E-state index contributed by atoms with van der Waals surface area (Å²) in [6.45, 7) is 4.04. The predicted molar refractivity (Wildman–Crippen MR) is 105 cm³/mol. The molecular weight excluding hydrogens is 358 g/mol. The molecule has 0 spiro atoms. The minimum atomic E-state index is -1.02. The number of carbonyl (C=O) groups is 3. The number of rotatable bonds is 4. The summed E-state index contributed by atoms with van der Waals surface area (Å²) in [6, 6.07) is 9.25. The number of fused-ring (bicyclic) bond motifs is 1. The van der Waals surface area contributed by atoms with E-state index >= 15 is 0 Å². The standard InChI is InChI=1S/C21H25N3O4/c1-14-12-18(17-7-3-4-8-19(17)22-14)21(28)23-10-5-6-16(9-11-23)24(15(2)25)13-20(26)27/h3-4,7-8,12,16H,5-6,9-11,13H2,1-2H3,(H,26,27). The zero-order chi connectivity index (χ0) is 20.3. The van der Waals surface area contributed by atoms with Gasteiger partial charge in [0.1, 0.15) is 6.54 Å². The van der Waals surface area contributed by atoms with Crippen molar-refractivity contribution in [3.63, 3.8) is 0 Å². The number of nitrogens with zero attached hydrogens (tertiary/aromatic N) is 3. The van der Waals surface area contributed by atoms with E-state index in [-0.39, 0.29) is 24.4 Å². The molecular formula is C21H25N3O4. The van der Waals surface area contributed by atoms with Crippen LogP contribution in [0.4, 0.5) is 0 Å². The van der Waals surface area contributed by atoms with E-state index in [9.17, 15) is 14.4 Å². The Morgan fingerprint density at radius 3 is 2.68 bits per heavy atom. The van der Waals surface area contributed by atoms with Crippen molar-refractivity contribution in [1.29, 1.82) is 0 Å². The molecule has 3 rings (SSSR count). The molecule has 0 aliphatic carbocycles. The molecule has 2 heterocycles. The van der Waals surface area contributed by atoms with Crippen molar-refractivity contribution < 1.29 is 19.5 Å². The molecule has 1 aliphatic rings. The highest BCUT2D eigenvalue weighted by atomic mass is 16.4. The lowest BCUT2D eigenvalue weighted by Crippen LogP contribution is -2.43. The number of hydrogen-bond acceptors (Lipinski definition) is 4. The van der Waals surface area contributed by atoms with Crippen LogP contribution in [-0.2, 0) is 9.59 Å². The number of benzene rings is 1. The summed E-state index contributed by atoms with van der Waals surface area (Å²) in [5.74, 6) is -1.32. The van der Waals surface area contributed by atoms with Gasteiger partial charge in [0.05, 0.1) is 11.1 Å². The number of pyridine rings is 1. The molecule has 1 aliphatic heterocycles. The second-order valence-corrected chi connectivity index (χ2v) is 7.25. The quantitative estimate of drug-likeness (QED) is 0.876. The number of hydrogen-bond donors (Lipinski definition) is 1. The lowest BCUT2D eigenvalue weighted by atomic mass is 10.1. The van der Waals surface area contributed by atoms with Crippen molar-refractivity contribution in [3.8, 4) is 0 Å². The second-order valence-electron chi connectivity index (χ2n) is 7.25. The second kappa shape index (κ2) is 8.37. The van der Waals surface area contributed by atoms with E-state index in [1.165, 1.54) is 11.8 Å². The monoisotopic (exact) mass is 383 g/mol. The molecule has 1 saturated heterocycles. The molecule has 0 saturated carbocycles. The number of carboxylic acid groups (broad SMARTS) is 1.